The van der Waals surface area contributed by atoms with E-state index in [9.17, 15) is 13.2 Å². The van der Waals surface area contributed by atoms with Gasteiger partial charge in [0, 0.05) is 12.6 Å². The van der Waals surface area contributed by atoms with Gasteiger partial charge in [-0.1, -0.05) is 18.2 Å². The van der Waals surface area contributed by atoms with Gasteiger partial charge < -0.3 is 9.84 Å². The van der Waals surface area contributed by atoms with Gasteiger partial charge in [0.15, 0.2) is 0 Å². The molecule has 1 aliphatic heterocycles. The molecule has 0 bridgehead atoms. The fraction of sp³-hybridized carbons (Fsp3) is 0.533. The van der Waals surface area contributed by atoms with Crippen LogP contribution < -0.4 is 4.74 Å². The molecule has 2 atom stereocenters. The lowest BCUT2D eigenvalue weighted by Crippen LogP contribution is -2.48. The third kappa shape index (κ3) is 4.20. The van der Waals surface area contributed by atoms with Gasteiger partial charge in [0.05, 0.1) is 11.7 Å². The summed E-state index contributed by atoms with van der Waals surface area (Å²) in [5, 5.41) is 9.09. The number of piperidine rings is 1. The molecule has 7 heteroatoms. The van der Waals surface area contributed by atoms with Gasteiger partial charge in [-0.2, -0.15) is 4.31 Å². The molecular formula is C15H21NO5S. The number of nitrogens with zero attached hydrogens (tertiary/aromatic N) is 1. The van der Waals surface area contributed by atoms with Crippen LogP contribution in [0.2, 0.25) is 0 Å². The van der Waals surface area contributed by atoms with Crippen molar-refractivity contribution in [1.29, 1.82) is 0 Å². The molecule has 1 aromatic rings. The Morgan fingerprint density at radius 1 is 1.32 bits per heavy atom. The molecule has 0 aromatic heterocycles. The number of carbonyl (C=O) groups is 1. The second-order valence-corrected chi connectivity index (χ2v) is 7.55. The monoisotopic (exact) mass is 327 g/mol. The maximum absolute atomic E-state index is 12.4. The molecule has 1 aromatic carbocycles. The van der Waals surface area contributed by atoms with E-state index >= 15 is 0 Å². The first-order valence-corrected chi connectivity index (χ1v) is 8.91. The van der Waals surface area contributed by atoms with Crippen LogP contribution in [0, 0.1) is 5.92 Å². The number of hydrogen-bond donors (Lipinski definition) is 1. The van der Waals surface area contributed by atoms with Crippen LogP contribution in [-0.4, -0.2) is 48.7 Å². The largest absolute Gasteiger partial charge is 0.492 e. The standard InChI is InChI=1S/C15H21NO5S/c1-12-7-8-13(15(17)18)11-16(12)22(19,20)10-9-21-14-5-3-2-4-6-14/h2-6,12-13H,7-11H2,1H3,(H,17,18). The van der Waals surface area contributed by atoms with E-state index in [0.29, 0.717) is 18.6 Å². The maximum atomic E-state index is 12.4. The predicted molar refractivity (Wildman–Crippen MR) is 82.3 cm³/mol. The number of carboxylic acid groups (broad SMARTS) is 1. The molecule has 6 nitrogen and oxygen atoms in total. The van der Waals surface area contributed by atoms with E-state index in [1.54, 1.807) is 12.1 Å². The second kappa shape index (κ2) is 7.11. The van der Waals surface area contributed by atoms with E-state index in [-0.39, 0.29) is 24.9 Å². The number of ether oxygens (including phenoxy) is 1. The van der Waals surface area contributed by atoms with Gasteiger partial charge in [-0.25, -0.2) is 8.42 Å². The van der Waals surface area contributed by atoms with E-state index < -0.39 is 21.9 Å². The minimum absolute atomic E-state index is 0.0458. The number of benzene rings is 1. The van der Waals surface area contributed by atoms with Crippen LogP contribution in [0.3, 0.4) is 0 Å². The summed E-state index contributed by atoms with van der Waals surface area (Å²) in [5.41, 5.74) is 0. The Labute approximate surface area is 130 Å². The van der Waals surface area contributed by atoms with Crippen LogP contribution >= 0.6 is 0 Å². The summed E-state index contributed by atoms with van der Waals surface area (Å²) in [4.78, 5) is 11.1. The molecular weight excluding hydrogens is 306 g/mol. The summed E-state index contributed by atoms with van der Waals surface area (Å²) in [5.74, 6) is -1.10. The molecule has 2 rings (SSSR count). The summed E-state index contributed by atoms with van der Waals surface area (Å²) >= 11 is 0. The average Bonchev–Trinajstić information content (AvgIpc) is 2.48. The van der Waals surface area contributed by atoms with Crippen LogP contribution in [-0.2, 0) is 14.8 Å². The van der Waals surface area contributed by atoms with Crippen LogP contribution in [0.5, 0.6) is 5.75 Å². The molecule has 0 saturated carbocycles. The summed E-state index contributed by atoms with van der Waals surface area (Å²) in [7, 11) is -3.52. The highest BCUT2D eigenvalue weighted by atomic mass is 32.2. The van der Waals surface area contributed by atoms with Crippen molar-refractivity contribution in [3.8, 4) is 5.75 Å². The van der Waals surface area contributed by atoms with Crippen LogP contribution in [0.15, 0.2) is 30.3 Å². The molecule has 22 heavy (non-hydrogen) atoms. The highest BCUT2D eigenvalue weighted by Gasteiger charge is 2.36. The molecule has 0 aliphatic carbocycles. The fourth-order valence-electron chi connectivity index (χ4n) is 2.56. The lowest BCUT2D eigenvalue weighted by Gasteiger charge is -2.35. The zero-order chi connectivity index (χ0) is 16.2. The first-order valence-electron chi connectivity index (χ1n) is 7.30. The Balaban J connectivity index is 1.95. The summed E-state index contributed by atoms with van der Waals surface area (Å²) in [6.45, 7) is 1.91. The molecule has 1 fully saturated rings. The van der Waals surface area contributed by atoms with Gasteiger partial charge in [0.25, 0.3) is 0 Å². The SMILES string of the molecule is CC1CCC(C(=O)O)CN1S(=O)(=O)CCOc1ccccc1. The van der Waals surface area contributed by atoms with Crippen molar-refractivity contribution in [3.63, 3.8) is 0 Å². The smallest absolute Gasteiger partial charge is 0.307 e. The van der Waals surface area contributed by atoms with Gasteiger partial charge in [-0.3, -0.25) is 4.79 Å². The zero-order valence-corrected chi connectivity index (χ0v) is 13.3. The molecule has 1 saturated heterocycles. The topological polar surface area (TPSA) is 83.9 Å². The van der Waals surface area contributed by atoms with Crippen molar-refractivity contribution in [2.45, 2.75) is 25.8 Å². The number of hydrogen-bond acceptors (Lipinski definition) is 4. The highest BCUT2D eigenvalue weighted by molar-refractivity contribution is 7.89. The molecule has 122 valence electrons. The van der Waals surface area contributed by atoms with Crippen LogP contribution in [0.1, 0.15) is 19.8 Å². The quantitative estimate of drug-likeness (QED) is 0.857. The van der Waals surface area contributed by atoms with Crippen LogP contribution in [0.4, 0.5) is 0 Å². The van der Waals surface area contributed by atoms with Crippen molar-refractivity contribution in [2.24, 2.45) is 5.92 Å². The number of rotatable bonds is 6. The summed E-state index contributed by atoms with van der Waals surface area (Å²) in [6, 6.07) is 8.83. The van der Waals surface area contributed by atoms with E-state index in [0.717, 1.165) is 0 Å². The first kappa shape index (κ1) is 16.8. The minimum Gasteiger partial charge on any atom is -0.492 e. The third-order valence-electron chi connectivity index (χ3n) is 3.88. The Morgan fingerprint density at radius 3 is 2.64 bits per heavy atom. The van der Waals surface area contributed by atoms with E-state index in [4.69, 9.17) is 9.84 Å². The Kier molecular flexibility index (Phi) is 5.42. The van der Waals surface area contributed by atoms with Crippen molar-refractivity contribution >= 4 is 16.0 Å². The molecule has 1 N–H and O–H groups in total. The number of carboxylic acids is 1. The predicted octanol–water partition coefficient (Wildman–Crippen LogP) is 1.58. The zero-order valence-electron chi connectivity index (χ0n) is 12.5. The van der Waals surface area contributed by atoms with E-state index in [2.05, 4.69) is 0 Å². The molecule has 0 amide bonds. The normalized spacial score (nSPS) is 23.1. The van der Waals surface area contributed by atoms with Gasteiger partial charge in [-0.05, 0) is 31.9 Å². The lowest BCUT2D eigenvalue weighted by molar-refractivity contribution is -0.143. The first-order chi connectivity index (χ1) is 10.4. The number of aliphatic carboxylic acids is 1. The van der Waals surface area contributed by atoms with E-state index in [1.807, 2.05) is 25.1 Å². The van der Waals surface area contributed by atoms with Gasteiger partial charge >= 0.3 is 5.97 Å². The number of para-hydroxylation sites is 1. The Morgan fingerprint density at radius 2 is 2.00 bits per heavy atom. The van der Waals surface area contributed by atoms with Crippen molar-refractivity contribution in [3.05, 3.63) is 30.3 Å². The van der Waals surface area contributed by atoms with E-state index in [1.165, 1.54) is 4.31 Å². The lowest BCUT2D eigenvalue weighted by atomic mass is 9.96. The van der Waals surface area contributed by atoms with Gasteiger partial charge in [0.2, 0.25) is 10.0 Å². The van der Waals surface area contributed by atoms with Crippen molar-refractivity contribution < 1.29 is 23.1 Å². The highest BCUT2D eigenvalue weighted by Crippen LogP contribution is 2.25. The third-order valence-corrected chi connectivity index (χ3v) is 5.79. The van der Waals surface area contributed by atoms with Gasteiger partial charge in [-0.15, -0.1) is 0 Å². The van der Waals surface area contributed by atoms with Crippen LogP contribution in [0.25, 0.3) is 0 Å². The maximum Gasteiger partial charge on any atom is 0.307 e. The fourth-order valence-corrected chi connectivity index (χ4v) is 4.15. The van der Waals surface area contributed by atoms with Crippen molar-refractivity contribution in [1.82, 2.24) is 4.31 Å². The molecule has 2 unspecified atom stereocenters. The summed E-state index contributed by atoms with van der Waals surface area (Å²) < 4.78 is 31.5. The average molecular weight is 327 g/mol. The Hall–Kier alpha value is -1.60. The second-order valence-electron chi connectivity index (χ2n) is 5.51. The molecule has 0 radical (unpaired) electrons. The molecule has 1 aliphatic rings. The summed E-state index contributed by atoms with van der Waals surface area (Å²) in [6.07, 6.45) is 1.08. The Bertz CT molecular complexity index is 602. The molecule has 1 heterocycles. The van der Waals surface area contributed by atoms with Gasteiger partial charge in [0.1, 0.15) is 12.4 Å². The molecule has 0 spiro atoms. The number of sulfonamides is 1. The minimum atomic E-state index is -3.52. The van der Waals surface area contributed by atoms with Crippen molar-refractivity contribution in [2.75, 3.05) is 18.9 Å².